The van der Waals surface area contributed by atoms with Gasteiger partial charge in [0.25, 0.3) is 0 Å². The number of hydrogen-bond acceptors (Lipinski definition) is 2. The molecule has 0 aromatic carbocycles. The summed E-state index contributed by atoms with van der Waals surface area (Å²) >= 11 is 0. The van der Waals surface area contributed by atoms with Crippen molar-refractivity contribution in [3.63, 3.8) is 0 Å². The summed E-state index contributed by atoms with van der Waals surface area (Å²) in [5.74, 6) is 1.04. The van der Waals surface area contributed by atoms with Gasteiger partial charge >= 0.3 is 0 Å². The van der Waals surface area contributed by atoms with E-state index in [1.165, 1.54) is 32.1 Å². The molecule has 0 aromatic rings. The monoisotopic (exact) mass is 145 g/mol. The fourth-order valence-electron chi connectivity index (χ4n) is 1.31. The van der Waals surface area contributed by atoms with E-state index in [2.05, 4.69) is 12.7 Å². The molecule has 0 unspecified atom stereocenters. The highest BCUT2D eigenvalue weighted by Crippen LogP contribution is 2.21. The van der Waals surface area contributed by atoms with E-state index < -0.39 is 0 Å². The van der Waals surface area contributed by atoms with E-state index in [1.54, 1.807) is 0 Å². The zero-order chi connectivity index (χ0) is 7.82. The maximum atomic E-state index is 7.35. The lowest BCUT2D eigenvalue weighted by Crippen LogP contribution is -1.99. The van der Waals surface area contributed by atoms with Crippen LogP contribution in [0, 0.1) is 5.92 Å². The molecule has 1 fully saturated rings. The van der Waals surface area contributed by atoms with E-state index in [-0.39, 0.29) is 6.73 Å². The number of hydrogen-bond donors (Lipinski definition) is 2. The van der Waals surface area contributed by atoms with Gasteiger partial charge < -0.3 is 10.8 Å². The third kappa shape index (κ3) is 6.05. The van der Waals surface area contributed by atoms with Gasteiger partial charge in [0.15, 0.2) is 0 Å². The van der Waals surface area contributed by atoms with E-state index in [1.807, 2.05) is 0 Å². The molecular formula is C8H19NO. The van der Waals surface area contributed by atoms with Crippen LogP contribution in [0.15, 0.2) is 0 Å². The zero-order valence-electron chi connectivity index (χ0n) is 6.84. The van der Waals surface area contributed by atoms with Crippen LogP contribution in [-0.2, 0) is 0 Å². The second-order valence-corrected chi connectivity index (χ2v) is 2.93. The molecule has 62 valence electrons. The Morgan fingerprint density at radius 2 is 1.70 bits per heavy atom. The molecule has 1 aliphatic rings. The quantitative estimate of drug-likeness (QED) is 0.507. The number of aliphatic hydroxyl groups excluding tert-OH is 1. The lowest BCUT2D eigenvalue weighted by molar-refractivity contribution is 0.307. The summed E-state index contributed by atoms with van der Waals surface area (Å²) < 4.78 is 0. The summed E-state index contributed by atoms with van der Waals surface area (Å²) in [6.07, 6.45) is 7.44. The van der Waals surface area contributed by atoms with Crippen LogP contribution in [0.2, 0.25) is 0 Å². The molecule has 1 rings (SSSR count). The SMILES string of the molecule is CC1CCCCC1.NCO. The first kappa shape index (κ1) is 9.92. The predicted molar refractivity (Wildman–Crippen MR) is 43.5 cm³/mol. The Balaban J connectivity index is 0.000000236. The number of rotatable bonds is 0. The van der Waals surface area contributed by atoms with Crippen molar-refractivity contribution in [2.75, 3.05) is 6.73 Å². The Bertz CT molecular complexity index is 60.3. The van der Waals surface area contributed by atoms with Crippen molar-refractivity contribution >= 4 is 0 Å². The lowest BCUT2D eigenvalue weighted by Gasteiger charge is -2.15. The minimum absolute atomic E-state index is 0.250. The standard InChI is InChI=1S/C7H14.CH5NO/c1-7-5-3-2-4-6-7;2-1-3/h7H,2-6H2,1H3;3H,1-2H2. The van der Waals surface area contributed by atoms with Crippen molar-refractivity contribution < 1.29 is 5.11 Å². The minimum Gasteiger partial charge on any atom is -0.382 e. The summed E-state index contributed by atoms with van der Waals surface area (Å²) in [6.45, 7) is 2.11. The van der Waals surface area contributed by atoms with Gasteiger partial charge in [-0.15, -0.1) is 0 Å². The van der Waals surface area contributed by atoms with Gasteiger partial charge in [0, 0.05) is 0 Å². The molecule has 0 spiro atoms. The summed E-state index contributed by atoms with van der Waals surface area (Å²) in [7, 11) is 0. The predicted octanol–water partition coefficient (Wildman–Crippen LogP) is 1.48. The Kier molecular flexibility index (Phi) is 6.98. The van der Waals surface area contributed by atoms with E-state index in [9.17, 15) is 0 Å². The zero-order valence-corrected chi connectivity index (χ0v) is 6.84. The Morgan fingerprint density at radius 3 is 1.90 bits per heavy atom. The molecular weight excluding hydrogens is 126 g/mol. The van der Waals surface area contributed by atoms with Crippen molar-refractivity contribution in [2.24, 2.45) is 11.7 Å². The molecule has 1 aliphatic carbocycles. The van der Waals surface area contributed by atoms with Crippen molar-refractivity contribution in [3.8, 4) is 0 Å². The third-order valence-corrected chi connectivity index (χ3v) is 1.89. The van der Waals surface area contributed by atoms with Gasteiger partial charge in [-0.2, -0.15) is 0 Å². The highest BCUT2D eigenvalue weighted by Gasteiger charge is 2.05. The van der Waals surface area contributed by atoms with Crippen LogP contribution in [0.3, 0.4) is 0 Å². The van der Waals surface area contributed by atoms with E-state index in [4.69, 9.17) is 5.11 Å². The fourth-order valence-corrected chi connectivity index (χ4v) is 1.31. The highest BCUT2D eigenvalue weighted by atomic mass is 16.3. The normalized spacial score (nSPS) is 19.5. The van der Waals surface area contributed by atoms with Gasteiger partial charge in [0.1, 0.15) is 0 Å². The summed E-state index contributed by atoms with van der Waals surface area (Å²) in [4.78, 5) is 0. The van der Waals surface area contributed by atoms with Crippen molar-refractivity contribution in [1.82, 2.24) is 0 Å². The molecule has 2 heteroatoms. The molecule has 0 bridgehead atoms. The average molecular weight is 145 g/mol. The van der Waals surface area contributed by atoms with Crippen LogP contribution >= 0.6 is 0 Å². The topological polar surface area (TPSA) is 46.2 Å². The van der Waals surface area contributed by atoms with E-state index >= 15 is 0 Å². The van der Waals surface area contributed by atoms with Crippen LogP contribution in [0.4, 0.5) is 0 Å². The maximum Gasteiger partial charge on any atom is 0.0906 e. The first-order chi connectivity index (χ1) is 4.81. The molecule has 3 N–H and O–H groups in total. The minimum atomic E-state index is -0.250. The van der Waals surface area contributed by atoms with Crippen LogP contribution in [-0.4, -0.2) is 11.8 Å². The molecule has 0 atom stereocenters. The Morgan fingerprint density at radius 1 is 1.30 bits per heavy atom. The molecule has 1 saturated carbocycles. The summed E-state index contributed by atoms with van der Waals surface area (Å²) in [5.41, 5.74) is 4.40. The van der Waals surface area contributed by atoms with Gasteiger partial charge in [-0.25, -0.2) is 0 Å². The van der Waals surface area contributed by atoms with E-state index in [0.717, 1.165) is 5.92 Å². The van der Waals surface area contributed by atoms with Gasteiger partial charge in [-0.1, -0.05) is 39.0 Å². The smallest absolute Gasteiger partial charge is 0.0906 e. The molecule has 0 saturated heterocycles. The maximum absolute atomic E-state index is 7.35. The molecule has 2 nitrogen and oxygen atoms in total. The largest absolute Gasteiger partial charge is 0.382 e. The molecule has 0 aliphatic heterocycles. The Labute approximate surface area is 63.4 Å². The van der Waals surface area contributed by atoms with Gasteiger partial charge in [0.2, 0.25) is 0 Å². The van der Waals surface area contributed by atoms with Crippen LogP contribution < -0.4 is 5.73 Å². The molecule has 10 heavy (non-hydrogen) atoms. The molecule has 0 aromatic heterocycles. The summed E-state index contributed by atoms with van der Waals surface area (Å²) in [5, 5.41) is 7.35. The van der Waals surface area contributed by atoms with Crippen LogP contribution in [0.1, 0.15) is 39.0 Å². The average Bonchev–Trinajstić information content (AvgIpc) is 1.91. The van der Waals surface area contributed by atoms with Gasteiger partial charge in [0.05, 0.1) is 6.73 Å². The second-order valence-electron chi connectivity index (χ2n) is 2.93. The molecule has 0 heterocycles. The third-order valence-electron chi connectivity index (χ3n) is 1.89. The van der Waals surface area contributed by atoms with Crippen LogP contribution in [0.5, 0.6) is 0 Å². The lowest BCUT2D eigenvalue weighted by atomic mass is 9.91. The van der Waals surface area contributed by atoms with Crippen molar-refractivity contribution in [1.29, 1.82) is 0 Å². The van der Waals surface area contributed by atoms with Gasteiger partial charge in [-0.3, -0.25) is 0 Å². The highest BCUT2D eigenvalue weighted by molar-refractivity contribution is 4.59. The Hall–Kier alpha value is -0.0800. The molecule has 0 amide bonds. The van der Waals surface area contributed by atoms with Gasteiger partial charge in [-0.05, 0) is 5.92 Å². The van der Waals surface area contributed by atoms with Crippen molar-refractivity contribution in [3.05, 3.63) is 0 Å². The van der Waals surface area contributed by atoms with Crippen LogP contribution in [0.25, 0.3) is 0 Å². The first-order valence-corrected chi connectivity index (χ1v) is 4.12. The first-order valence-electron chi connectivity index (χ1n) is 4.12. The number of nitrogens with two attached hydrogens (primary N) is 1. The summed E-state index contributed by atoms with van der Waals surface area (Å²) in [6, 6.07) is 0. The van der Waals surface area contributed by atoms with E-state index in [0.29, 0.717) is 0 Å². The second kappa shape index (κ2) is 7.03. The fraction of sp³-hybridized carbons (Fsp3) is 1.00. The molecule has 0 radical (unpaired) electrons. The van der Waals surface area contributed by atoms with Crippen molar-refractivity contribution in [2.45, 2.75) is 39.0 Å². The number of aliphatic hydroxyl groups is 1.